The van der Waals surface area contributed by atoms with E-state index in [1.54, 1.807) is 0 Å². The van der Waals surface area contributed by atoms with Crippen molar-refractivity contribution in [2.45, 2.75) is 26.2 Å². The number of benzene rings is 1. The molecule has 1 fully saturated rings. The Hall–Kier alpha value is -1.62. The van der Waals surface area contributed by atoms with Crippen LogP contribution in [-0.2, 0) is 0 Å². The molecular weight excluding hydrogens is 258 g/mol. The topological polar surface area (TPSA) is 45.2 Å². The maximum absolute atomic E-state index is 12.1. The highest BCUT2D eigenvalue weighted by molar-refractivity contribution is 7.22. The lowest BCUT2D eigenvalue weighted by Crippen LogP contribution is -2.38. The van der Waals surface area contributed by atoms with Crippen LogP contribution in [0.3, 0.4) is 0 Å². The summed E-state index contributed by atoms with van der Waals surface area (Å²) in [6, 6.07) is 6.12. The molecule has 5 heteroatoms. The third-order valence-electron chi connectivity index (χ3n) is 3.40. The van der Waals surface area contributed by atoms with Gasteiger partial charge in [0.25, 0.3) is 0 Å². The molecule has 1 saturated heterocycles. The minimum atomic E-state index is -0.0181. The number of nitrogens with one attached hydrogen (secondary N) is 1. The van der Waals surface area contributed by atoms with Crippen LogP contribution in [0.5, 0.6) is 0 Å². The zero-order valence-corrected chi connectivity index (χ0v) is 11.8. The fourth-order valence-electron chi connectivity index (χ4n) is 2.35. The first-order valence-electron chi connectivity index (χ1n) is 6.65. The van der Waals surface area contributed by atoms with Gasteiger partial charge in [-0.15, -0.1) is 0 Å². The van der Waals surface area contributed by atoms with E-state index in [0.717, 1.165) is 36.1 Å². The van der Waals surface area contributed by atoms with E-state index in [9.17, 15) is 4.79 Å². The molecule has 4 nitrogen and oxygen atoms in total. The number of carbonyl (C=O) groups is 1. The zero-order chi connectivity index (χ0) is 13.2. The maximum Gasteiger partial charge on any atom is 0.323 e. The van der Waals surface area contributed by atoms with Crippen LogP contribution >= 0.6 is 11.3 Å². The number of carbonyl (C=O) groups excluding carboxylic acids is 1. The molecule has 2 aromatic rings. The van der Waals surface area contributed by atoms with Crippen LogP contribution in [0.1, 0.15) is 24.8 Å². The normalized spacial score (nSPS) is 15.7. The van der Waals surface area contributed by atoms with E-state index in [0.29, 0.717) is 5.13 Å². The first-order valence-corrected chi connectivity index (χ1v) is 7.47. The predicted octanol–water partition coefficient (Wildman–Crippen LogP) is 3.62. The fourth-order valence-corrected chi connectivity index (χ4v) is 3.31. The van der Waals surface area contributed by atoms with Gasteiger partial charge in [0.1, 0.15) is 0 Å². The fraction of sp³-hybridized carbons (Fsp3) is 0.429. The number of anilines is 1. The predicted molar refractivity (Wildman–Crippen MR) is 78.8 cm³/mol. The molecule has 0 spiro atoms. The van der Waals surface area contributed by atoms with Crippen molar-refractivity contribution >= 4 is 32.7 Å². The number of aryl methyl sites for hydroxylation is 1. The van der Waals surface area contributed by atoms with Crippen molar-refractivity contribution in [3.8, 4) is 0 Å². The van der Waals surface area contributed by atoms with Gasteiger partial charge in [-0.3, -0.25) is 5.32 Å². The number of piperidine rings is 1. The van der Waals surface area contributed by atoms with Gasteiger partial charge in [-0.1, -0.05) is 17.4 Å². The van der Waals surface area contributed by atoms with Gasteiger partial charge in [0.2, 0.25) is 0 Å². The van der Waals surface area contributed by atoms with Crippen molar-refractivity contribution in [2.75, 3.05) is 18.4 Å². The summed E-state index contributed by atoms with van der Waals surface area (Å²) in [5.41, 5.74) is 2.16. The number of urea groups is 1. The van der Waals surface area contributed by atoms with Crippen molar-refractivity contribution in [2.24, 2.45) is 0 Å². The van der Waals surface area contributed by atoms with Gasteiger partial charge in [0.15, 0.2) is 5.13 Å². The lowest BCUT2D eigenvalue weighted by Gasteiger charge is -2.26. The van der Waals surface area contributed by atoms with E-state index in [1.165, 1.54) is 23.3 Å². The Morgan fingerprint density at radius 1 is 1.32 bits per heavy atom. The van der Waals surface area contributed by atoms with Gasteiger partial charge in [-0.2, -0.15) is 0 Å². The second-order valence-corrected chi connectivity index (χ2v) is 6.00. The highest BCUT2D eigenvalue weighted by Gasteiger charge is 2.17. The molecule has 19 heavy (non-hydrogen) atoms. The van der Waals surface area contributed by atoms with E-state index < -0.39 is 0 Å². The molecular formula is C14H17N3OS. The summed E-state index contributed by atoms with van der Waals surface area (Å²) in [5, 5.41) is 3.61. The van der Waals surface area contributed by atoms with Crippen molar-refractivity contribution in [1.29, 1.82) is 0 Å². The minimum absolute atomic E-state index is 0.0181. The molecule has 1 aromatic carbocycles. The van der Waals surface area contributed by atoms with Crippen LogP contribution < -0.4 is 5.32 Å². The third-order valence-corrected chi connectivity index (χ3v) is 4.33. The maximum atomic E-state index is 12.1. The number of hydrogen-bond acceptors (Lipinski definition) is 3. The van der Waals surface area contributed by atoms with E-state index in [4.69, 9.17) is 0 Å². The summed E-state index contributed by atoms with van der Waals surface area (Å²) < 4.78 is 1.12. The van der Waals surface area contributed by atoms with E-state index in [1.807, 2.05) is 17.0 Å². The van der Waals surface area contributed by atoms with Crippen LogP contribution in [0.2, 0.25) is 0 Å². The number of hydrogen-bond donors (Lipinski definition) is 1. The van der Waals surface area contributed by atoms with E-state index >= 15 is 0 Å². The molecule has 2 amide bonds. The Kier molecular flexibility index (Phi) is 3.38. The van der Waals surface area contributed by atoms with Gasteiger partial charge in [-0.05, 0) is 43.9 Å². The Balaban J connectivity index is 1.75. The SMILES string of the molecule is Cc1ccc2nc(NC(=O)N3CCCCC3)sc2c1. The van der Waals surface area contributed by atoms with Gasteiger partial charge >= 0.3 is 6.03 Å². The molecule has 0 aliphatic carbocycles. The monoisotopic (exact) mass is 275 g/mol. The summed E-state index contributed by atoms with van der Waals surface area (Å²) in [7, 11) is 0. The van der Waals surface area contributed by atoms with Crippen molar-refractivity contribution in [3.05, 3.63) is 23.8 Å². The van der Waals surface area contributed by atoms with E-state index in [2.05, 4.69) is 23.3 Å². The first kappa shape index (κ1) is 12.4. The molecule has 0 atom stereocenters. The van der Waals surface area contributed by atoms with Crippen LogP contribution in [0, 0.1) is 6.92 Å². The Morgan fingerprint density at radius 3 is 2.89 bits per heavy atom. The second-order valence-electron chi connectivity index (χ2n) is 4.97. The van der Waals surface area contributed by atoms with Gasteiger partial charge < -0.3 is 4.90 Å². The van der Waals surface area contributed by atoms with Gasteiger partial charge in [-0.25, -0.2) is 9.78 Å². The number of amides is 2. The number of likely N-dealkylation sites (tertiary alicyclic amines) is 1. The largest absolute Gasteiger partial charge is 0.324 e. The van der Waals surface area contributed by atoms with Crippen LogP contribution in [0.15, 0.2) is 18.2 Å². The number of thiazole rings is 1. The number of nitrogens with zero attached hydrogens (tertiary/aromatic N) is 2. The average molecular weight is 275 g/mol. The smallest absolute Gasteiger partial charge is 0.323 e. The third kappa shape index (κ3) is 2.71. The van der Waals surface area contributed by atoms with Crippen LogP contribution in [0.25, 0.3) is 10.2 Å². The quantitative estimate of drug-likeness (QED) is 0.864. The molecule has 1 aliphatic rings. The lowest BCUT2D eigenvalue weighted by atomic mass is 10.1. The van der Waals surface area contributed by atoms with Crippen molar-refractivity contribution in [1.82, 2.24) is 9.88 Å². The van der Waals surface area contributed by atoms with Crippen molar-refractivity contribution < 1.29 is 4.79 Å². The first-order chi connectivity index (χ1) is 9.22. The standard InChI is InChI=1S/C14H17N3OS/c1-10-5-6-11-12(9-10)19-13(15-11)16-14(18)17-7-3-2-4-8-17/h5-6,9H,2-4,7-8H2,1H3,(H,15,16,18). The van der Waals surface area contributed by atoms with Gasteiger partial charge in [0.05, 0.1) is 10.2 Å². The van der Waals surface area contributed by atoms with Crippen LogP contribution in [0.4, 0.5) is 9.93 Å². The summed E-state index contributed by atoms with van der Waals surface area (Å²) in [5.74, 6) is 0. The summed E-state index contributed by atoms with van der Waals surface area (Å²) in [6.07, 6.45) is 3.43. The molecule has 1 N–H and O–H groups in total. The molecule has 1 aromatic heterocycles. The number of rotatable bonds is 1. The van der Waals surface area contributed by atoms with Gasteiger partial charge in [0, 0.05) is 13.1 Å². The Bertz CT molecular complexity index is 602. The summed E-state index contributed by atoms with van der Waals surface area (Å²) >= 11 is 1.53. The van der Waals surface area contributed by atoms with Crippen LogP contribution in [-0.4, -0.2) is 29.0 Å². The number of aromatic nitrogens is 1. The highest BCUT2D eigenvalue weighted by Crippen LogP contribution is 2.27. The number of fused-ring (bicyclic) bond motifs is 1. The Morgan fingerprint density at radius 2 is 2.11 bits per heavy atom. The summed E-state index contributed by atoms with van der Waals surface area (Å²) in [6.45, 7) is 3.77. The highest BCUT2D eigenvalue weighted by atomic mass is 32.1. The molecule has 0 bridgehead atoms. The minimum Gasteiger partial charge on any atom is -0.324 e. The van der Waals surface area contributed by atoms with E-state index in [-0.39, 0.29) is 6.03 Å². The molecule has 100 valence electrons. The zero-order valence-electron chi connectivity index (χ0n) is 11.0. The molecule has 0 radical (unpaired) electrons. The average Bonchev–Trinajstić information content (AvgIpc) is 2.81. The molecule has 0 unspecified atom stereocenters. The Labute approximate surface area is 116 Å². The molecule has 2 heterocycles. The second kappa shape index (κ2) is 5.17. The molecule has 0 saturated carbocycles. The molecule has 3 rings (SSSR count). The summed E-state index contributed by atoms with van der Waals surface area (Å²) in [4.78, 5) is 18.4. The lowest BCUT2D eigenvalue weighted by molar-refractivity contribution is 0.200. The van der Waals surface area contributed by atoms with Crippen molar-refractivity contribution in [3.63, 3.8) is 0 Å². The molecule has 1 aliphatic heterocycles.